The molecule has 0 aliphatic rings. The van der Waals surface area contributed by atoms with Crippen molar-refractivity contribution in [2.45, 2.75) is 51.3 Å². The molecule has 0 heterocycles. The van der Waals surface area contributed by atoms with E-state index in [1.807, 2.05) is 44.2 Å². The summed E-state index contributed by atoms with van der Waals surface area (Å²) in [5, 5.41) is 0. The maximum atomic E-state index is 13.3. The highest BCUT2D eigenvalue weighted by Crippen LogP contribution is 2.31. The fourth-order valence-electron chi connectivity index (χ4n) is 3.39. The molecular weight excluding hydrogens is 386 g/mol. The van der Waals surface area contributed by atoms with Gasteiger partial charge in [-0.2, -0.15) is 0 Å². The molecule has 0 radical (unpaired) electrons. The standard InChI is InChI=1S/C23H33NO4S/c1-16-13-19(23(3,4)5)14-17(2)22(16)29(25,26)24(6)12-11-18-9-10-20(27-7)21(15-18)28-8/h9-10,13-15H,11-12H2,1-8H3. The predicted octanol–water partition coefficient (Wildman–Crippen LogP) is 4.48. The lowest BCUT2D eigenvalue weighted by molar-refractivity contribution is 0.354. The van der Waals surface area contributed by atoms with Crippen LogP contribution in [0.3, 0.4) is 0 Å². The third-order valence-corrected chi connectivity index (χ3v) is 7.32. The highest BCUT2D eigenvalue weighted by Gasteiger charge is 2.26. The second-order valence-electron chi connectivity index (χ2n) is 8.46. The summed E-state index contributed by atoms with van der Waals surface area (Å²) in [7, 11) is 1.23. The van der Waals surface area contributed by atoms with E-state index in [-0.39, 0.29) is 5.41 Å². The van der Waals surface area contributed by atoms with Crippen molar-refractivity contribution in [3.8, 4) is 11.5 Å². The highest BCUT2D eigenvalue weighted by molar-refractivity contribution is 7.89. The van der Waals surface area contributed by atoms with Gasteiger partial charge in [0.1, 0.15) is 0 Å². The smallest absolute Gasteiger partial charge is 0.243 e. The maximum absolute atomic E-state index is 13.3. The first-order valence-electron chi connectivity index (χ1n) is 9.70. The molecule has 0 fully saturated rings. The summed E-state index contributed by atoms with van der Waals surface area (Å²) in [5.74, 6) is 1.29. The van der Waals surface area contributed by atoms with Crippen LogP contribution in [0.4, 0.5) is 0 Å². The van der Waals surface area contributed by atoms with Gasteiger partial charge in [0.2, 0.25) is 10.0 Å². The molecular formula is C23H33NO4S. The monoisotopic (exact) mass is 419 g/mol. The van der Waals surface area contributed by atoms with Crippen molar-refractivity contribution >= 4 is 10.0 Å². The predicted molar refractivity (Wildman–Crippen MR) is 118 cm³/mol. The summed E-state index contributed by atoms with van der Waals surface area (Å²) >= 11 is 0. The van der Waals surface area contributed by atoms with E-state index < -0.39 is 10.0 Å². The van der Waals surface area contributed by atoms with E-state index in [0.29, 0.717) is 29.4 Å². The van der Waals surface area contributed by atoms with Gasteiger partial charge in [0.15, 0.2) is 11.5 Å². The lowest BCUT2D eigenvalue weighted by atomic mass is 9.85. The van der Waals surface area contributed by atoms with E-state index in [1.165, 1.54) is 4.31 Å². The van der Waals surface area contributed by atoms with E-state index in [1.54, 1.807) is 21.3 Å². The van der Waals surface area contributed by atoms with Crippen LogP contribution in [0.1, 0.15) is 43.0 Å². The topological polar surface area (TPSA) is 55.8 Å². The summed E-state index contributed by atoms with van der Waals surface area (Å²) in [6.07, 6.45) is 0.578. The SMILES string of the molecule is COc1ccc(CCN(C)S(=O)(=O)c2c(C)cc(C(C)(C)C)cc2C)cc1OC. The first-order valence-corrected chi connectivity index (χ1v) is 11.1. The maximum Gasteiger partial charge on any atom is 0.243 e. The van der Waals surface area contributed by atoms with E-state index in [4.69, 9.17) is 9.47 Å². The number of methoxy groups -OCH3 is 2. The molecule has 0 spiro atoms. The summed E-state index contributed by atoms with van der Waals surface area (Å²) in [6, 6.07) is 9.62. The van der Waals surface area contributed by atoms with Gasteiger partial charge in [-0.3, -0.25) is 0 Å². The van der Waals surface area contributed by atoms with E-state index >= 15 is 0 Å². The van der Waals surface area contributed by atoms with Crippen LogP contribution in [0.5, 0.6) is 11.5 Å². The molecule has 0 N–H and O–H groups in total. The Bertz CT molecular complexity index is 952. The normalized spacial score (nSPS) is 12.3. The molecule has 0 aliphatic carbocycles. The first kappa shape index (κ1) is 23.2. The molecule has 0 saturated carbocycles. The Kier molecular flexibility index (Phi) is 7.01. The summed E-state index contributed by atoms with van der Waals surface area (Å²) in [6.45, 7) is 10.5. The van der Waals surface area contributed by atoms with Crippen molar-refractivity contribution in [1.29, 1.82) is 0 Å². The van der Waals surface area contributed by atoms with Crippen LogP contribution < -0.4 is 9.47 Å². The Hall–Kier alpha value is -2.05. The van der Waals surface area contributed by atoms with Gasteiger partial charge in [-0.05, 0) is 60.1 Å². The molecule has 29 heavy (non-hydrogen) atoms. The Morgan fingerprint density at radius 3 is 1.97 bits per heavy atom. The minimum atomic E-state index is -3.58. The number of likely N-dealkylation sites (N-methyl/N-ethyl adjacent to an activating group) is 1. The second kappa shape index (κ2) is 8.76. The zero-order chi connectivity index (χ0) is 22.0. The van der Waals surface area contributed by atoms with Gasteiger partial charge in [-0.15, -0.1) is 0 Å². The summed E-state index contributed by atoms with van der Waals surface area (Å²) in [5.41, 5.74) is 3.67. The van der Waals surface area contributed by atoms with Gasteiger partial charge in [0.05, 0.1) is 19.1 Å². The van der Waals surface area contributed by atoms with Crippen LogP contribution in [-0.2, 0) is 21.9 Å². The number of ether oxygens (including phenoxy) is 2. The molecule has 2 rings (SSSR count). The average Bonchev–Trinajstić information content (AvgIpc) is 2.64. The van der Waals surface area contributed by atoms with Crippen LogP contribution in [0, 0.1) is 13.8 Å². The van der Waals surface area contributed by atoms with Gasteiger partial charge in [-0.1, -0.05) is 39.0 Å². The Morgan fingerprint density at radius 1 is 0.931 bits per heavy atom. The van der Waals surface area contributed by atoms with Crippen LogP contribution in [0.25, 0.3) is 0 Å². The lowest BCUT2D eigenvalue weighted by Crippen LogP contribution is -2.30. The number of nitrogens with zero attached hydrogens (tertiary/aromatic N) is 1. The van der Waals surface area contributed by atoms with Crippen molar-refractivity contribution < 1.29 is 17.9 Å². The molecule has 0 unspecified atom stereocenters. The van der Waals surface area contributed by atoms with Gasteiger partial charge in [-0.25, -0.2) is 12.7 Å². The van der Waals surface area contributed by atoms with Crippen LogP contribution in [-0.4, -0.2) is 40.5 Å². The Morgan fingerprint density at radius 2 is 1.48 bits per heavy atom. The zero-order valence-electron chi connectivity index (χ0n) is 18.8. The number of sulfonamides is 1. The third kappa shape index (κ3) is 5.11. The van der Waals surface area contributed by atoms with Crippen LogP contribution >= 0.6 is 0 Å². The van der Waals surface area contributed by atoms with Gasteiger partial charge >= 0.3 is 0 Å². The molecule has 6 heteroatoms. The Balaban J connectivity index is 2.26. The molecule has 0 aromatic heterocycles. The second-order valence-corrected chi connectivity index (χ2v) is 10.4. The third-order valence-electron chi connectivity index (χ3n) is 5.16. The van der Waals surface area contributed by atoms with Crippen molar-refractivity contribution in [1.82, 2.24) is 4.31 Å². The quantitative estimate of drug-likeness (QED) is 0.664. The van der Waals surface area contributed by atoms with E-state index in [0.717, 1.165) is 22.3 Å². The van der Waals surface area contributed by atoms with Gasteiger partial charge in [0, 0.05) is 13.6 Å². The number of hydrogen-bond acceptors (Lipinski definition) is 4. The minimum absolute atomic E-state index is 0.0306. The van der Waals surface area contributed by atoms with Crippen molar-refractivity contribution in [3.05, 3.63) is 52.6 Å². The van der Waals surface area contributed by atoms with Crippen LogP contribution in [0.15, 0.2) is 35.2 Å². The van der Waals surface area contributed by atoms with Crippen molar-refractivity contribution in [3.63, 3.8) is 0 Å². The largest absolute Gasteiger partial charge is 0.493 e. The number of hydrogen-bond donors (Lipinski definition) is 0. The number of benzene rings is 2. The van der Waals surface area contributed by atoms with Crippen LogP contribution in [0.2, 0.25) is 0 Å². The number of aryl methyl sites for hydroxylation is 2. The van der Waals surface area contributed by atoms with E-state index in [9.17, 15) is 8.42 Å². The average molecular weight is 420 g/mol. The fraction of sp³-hybridized carbons (Fsp3) is 0.478. The van der Waals surface area contributed by atoms with Crippen molar-refractivity contribution in [2.75, 3.05) is 27.8 Å². The van der Waals surface area contributed by atoms with Gasteiger partial charge in [0.25, 0.3) is 0 Å². The number of rotatable bonds is 7. The molecule has 2 aromatic rings. The minimum Gasteiger partial charge on any atom is -0.493 e. The molecule has 0 amide bonds. The Labute approximate surface area is 175 Å². The molecule has 160 valence electrons. The molecule has 2 aromatic carbocycles. The highest BCUT2D eigenvalue weighted by atomic mass is 32.2. The fourth-order valence-corrected chi connectivity index (χ4v) is 4.96. The summed E-state index contributed by atoms with van der Waals surface area (Å²) in [4.78, 5) is 0.403. The first-order chi connectivity index (χ1) is 13.4. The summed E-state index contributed by atoms with van der Waals surface area (Å²) < 4.78 is 38.5. The molecule has 0 bridgehead atoms. The van der Waals surface area contributed by atoms with E-state index in [2.05, 4.69) is 20.8 Å². The van der Waals surface area contributed by atoms with Gasteiger partial charge < -0.3 is 9.47 Å². The van der Waals surface area contributed by atoms with Crippen molar-refractivity contribution in [2.24, 2.45) is 0 Å². The lowest BCUT2D eigenvalue weighted by Gasteiger charge is -2.24. The zero-order valence-corrected chi connectivity index (χ0v) is 19.6. The molecule has 0 aliphatic heterocycles. The molecule has 0 saturated heterocycles. The molecule has 0 atom stereocenters. The molecule has 5 nitrogen and oxygen atoms in total.